The molecule has 0 aliphatic carbocycles. The maximum Gasteiger partial charge on any atom is 0.279 e. The molecule has 0 radical (unpaired) electrons. The molecular formula is C22H23F2N3O4S2. The Morgan fingerprint density at radius 1 is 1.09 bits per heavy atom. The van der Waals surface area contributed by atoms with Crippen molar-refractivity contribution in [3.8, 4) is 10.9 Å². The van der Waals surface area contributed by atoms with Gasteiger partial charge >= 0.3 is 0 Å². The molecule has 11 heteroatoms. The quantitative estimate of drug-likeness (QED) is 0.448. The lowest BCUT2D eigenvalue weighted by molar-refractivity contribution is 0.0935. The highest BCUT2D eigenvalue weighted by molar-refractivity contribution is 7.92. The molecule has 3 aromatic rings. The molecule has 0 spiro atoms. The zero-order valence-corrected chi connectivity index (χ0v) is 20.0. The summed E-state index contributed by atoms with van der Waals surface area (Å²) in [6.45, 7) is 5.68. The molecule has 7 nitrogen and oxygen atoms in total. The minimum atomic E-state index is -3.86. The van der Waals surface area contributed by atoms with Gasteiger partial charge in [0.15, 0.2) is 11.6 Å². The molecule has 1 amide bonds. The first kappa shape index (κ1) is 24.6. The highest BCUT2D eigenvalue weighted by Crippen LogP contribution is 2.29. The summed E-state index contributed by atoms with van der Waals surface area (Å²) in [5.74, 6) is -1.80. The molecule has 2 N–H and O–H groups in total. The van der Waals surface area contributed by atoms with Crippen LogP contribution >= 0.6 is 11.3 Å². The monoisotopic (exact) mass is 495 g/mol. The predicted octanol–water partition coefficient (Wildman–Crippen LogP) is 5.20. The van der Waals surface area contributed by atoms with E-state index in [1.807, 2.05) is 18.2 Å². The molecule has 0 bridgehead atoms. The van der Waals surface area contributed by atoms with Gasteiger partial charge in [-0.3, -0.25) is 9.52 Å². The number of thiazole rings is 1. The highest BCUT2D eigenvalue weighted by Gasteiger charge is 2.20. The van der Waals surface area contributed by atoms with E-state index in [4.69, 9.17) is 4.74 Å². The summed E-state index contributed by atoms with van der Waals surface area (Å²) in [6, 6.07) is 8.71. The van der Waals surface area contributed by atoms with Crippen molar-refractivity contribution in [2.75, 3.05) is 11.0 Å². The molecular weight excluding hydrogens is 472 g/mol. The Labute approximate surface area is 194 Å². The molecule has 0 fully saturated rings. The van der Waals surface area contributed by atoms with Crippen molar-refractivity contribution >= 4 is 33.0 Å². The standard InChI is InChI=1S/C22H23F2N3O4S2/c1-12(2)14-6-5-7-16(8-14)31-22-26-19(11-32-22)21(28)25-13(3)15-9-17(23)20(18(24)10-15)27-33(4,29)30/h5-13,27H,1-4H3,(H,25,28)/t13-/m1/s1. The third kappa shape index (κ3) is 6.48. The second-order valence-corrected chi connectivity index (χ2v) is 10.3. The summed E-state index contributed by atoms with van der Waals surface area (Å²) in [5.41, 5.74) is 0.545. The van der Waals surface area contributed by atoms with Crippen LogP contribution in [0.25, 0.3) is 0 Å². The van der Waals surface area contributed by atoms with Crippen molar-refractivity contribution in [1.29, 1.82) is 0 Å². The first-order chi connectivity index (χ1) is 15.4. The fourth-order valence-electron chi connectivity index (χ4n) is 2.93. The third-order valence-corrected chi connectivity index (χ3v) is 5.94. The van der Waals surface area contributed by atoms with E-state index in [2.05, 4.69) is 24.1 Å². The van der Waals surface area contributed by atoms with Crippen LogP contribution in [-0.2, 0) is 10.0 Å². The minimum absolute atomic E-state index is 0.0955. The maximum absolute atomic E-state index is 14.2. The number of ether oxygens (including phenoxy) is 1. The Hall–Kier alpha value is -3.05. The van der Waals surface area contributed by atoms with Crippen molar-refractivity contribution in [1.82, 2.24) is 10.3 Å². The largest absolute Gasteiger partial charge is 0.431 e. The average molecular weight is 496 g/mol. The van der Waals surface area contributed by atoms with Crippen LogP contribution in [0, 0.1) is 11.6 Å². The second-order valence-electron chi connectivity index (χ2n) is 7.76. The summed E-state index contributed by atoms with van der Waals surface area (Å²) >= 11 is 1.14. The fourth-order valence-corrected chi connectivity index (χ4v) is 4.16. The molecule has 0 aliphatic heterocycles. The number of nitrogens with one attached hydrogen (secondary N) is 2. The number of benzene rings is 2. The summed E-state index contributed by atoms with van der Waals surface area (Å²) < 4.78 is 58.6. The van der Waals surface area contributed by atoms with Gasteiger partial charge in [0.05, 0.1) is 12.3 Å². The number of carbonyl (C=O) groups excluding carboxylic acids is 1. The van der Waals surface area contributed by atoms with Crippen LogP contribution in [0.1, 0.15) is 54.3 Å². The number of aromatic nitrogens is 1. The molecule has 0 aliphatic rings. The zero-order valence-electron chi connectivity index (χ0n) is 18.3. The first-order valence-electron chi connectivity index (χ1n) is 9.94. The number of hydrogen-bond acceptors (Lipinski definition) is 6. The SMILES string of the molecule is CC(C)c1cccc(Oc2nc(C(=O)N[C@H](C)c3cc(F)c(NS(C)(=O)=O)c(F)c3)cs2)c1. The fraction of sp³-hybridized carbons (Fsp3) is 0.273. The molecule has 0 unspecified atom stereocenters. The van der Waals surface area contributed by atoms with E-state index in [1.54, 1.807) is 10.8 Å². The summed E-state index contributed by atoms with van der Waals surface area (Å²) in [6.07, 6.45) is 0.787. The van der Waals surface area contributed by atoms with E-state index in [9.17, 15) is 22.0 Å². The minimum Gasteiger partial charge on any atom is -0.431 e. The lowest BCUT2D eigenvalue weighted by Gasteiger charge is -2.15. The van der Waals surface area contributed by atoms with Crippen LogP contribution in [0.4, 0.5) is 14.5 Å². The zero-order chi connectivity index (χ0) is 24.3. The molecule has 1 heterocycles. The molecule has 2 aromatic carbocycles. The van der Waals surface area contributed by atoms with Gasteiger partial charge in [0.1, 0.15) is 17.1 Å². The van der Waals surface area contributed by atoms with Crippen LogP contribution in [0.5, 0.6) is 10.9 Å². The number of halogens is 2. The molecule has 0 saturated heterocycles. The van der Waals surface area contributed by atoms with E-state index in [0.29, 0.717) is 11.7 Å². The number of amides is 1. The van der Waals surface area contributed by atoms with E-state index in [0.717, 1.165) is 35.3 Å². The molecule has 0 saturated carbocycles. The first-order valence-corrected chi connectivity index (χ1v) is 12.7. The third-order valence-electron chi connectivity index (χ3n) is 4.65. The van der Waals surface area contributed by atoms with E-state index in [-0.39, 0.29) is 16.5 Å². The van der Waals surface area contributed by atoms with Gasteiger partial charge in [-0.2, -0.15) is 4.98 Å². The van der Waals surface area contributed by atoms with Crippen molar-refractivity contribution in [2.45, 2.75) is 32.7 Å². The van der Waals surface area contributed by atoms with Crippen LogP contribution in [0.2, 0.25) is 0 Å². The van der Waals surface area contributed by atoms with E-state index >= 15 is 0 Å². The summed E-state index contributed by atoms with van der Waals surface area (Å²) in [5, 5.41) is 4.41. The van der Waals surface area contributed by atoms with Crippen molar-refractivity contribution in [3.05, 3.63) is 70.2 Å². The van der Waals surface area contributed by atoms with E-state index in [1.165, 1.54) is 12.3 Å². The van der Waals surface area contributed by atoms with Crippen LogP contribution in [0.15, 0.2) is 41.8 Å². The maximum atomic E-state index is 14.2. The van der Waals surface area contributed by atoms with Gasteiger partial charge in [0.25, 0.3) is 11.1 Å². The van der Waals surface area contributed by atoms with Gasteiger partial charge in [0, 0.05) is 5.38 Å². The molecule has 1 aromatic heterocycles. The molecule has 176 valence electrons. The van der Waals surface area contributed by atoms with Gasteiger partial charge in [0.2, 0.25) is 10.0 Å². The highest BCUT2D eigenvalue weighted by atomic mass is 32.2. The van der Waals surface area contributed by atoms with Crippen LogP contribution in [-0.4, -0.2) is 25.6 Å². The van der Waals surface area contributed by atoms with Gasteiger partial charge in [-0.1, -0.05) is 37.3 Å². The Balaban J connectivity index is 1.69. The number of sulfonamides is 1. The predicted molar refractivity (Wildman–Crippen MR) is 123 cm³/mol. The number of anilines is 1. The van der Waals surface area contributed by atoms with E-state index < -0.39 is 39.3 Å². The lowest BCUT2D eigenvalue weighted by Crippen LogP contribution is -2.27. The lowest BCUT2D eigenvalue weighted by atomic mass is 10.0. The molecule has 3 rings (SSSR count). The van der Waals surface area contributed by atoms with Gasteiger partial charge in [-0.25, -0.2) is 17.2 Å². The van der Waals surface area contributed by atoms with Gasteiger partial charge < -0.3 is 10.1 Å². The Morgan fingerprint density at radius 3 is 2.36 bits per heavy atom. The smallest absolute Gasteiger partial charge is 0.279 e. The van der Waals surface area contributed by atoms with Crippen molar-refractivity contribution in [2.24, 2.45) is 0 Å². The van der Waals surface area contributed by atoms with Crippen molar-refractivity contribution < 1.29 is 26.7 Å². The summed E-state index contributed by atoms with van der Waals surface area (Å²) in [4.78, 5) is 16.7. The van der Waals surface area contributed by atoms with Crippen LogP contribution in [0.3, 0.4) is 0 Å². The second kappa shape index (κ2) is 9.84. The van der Waals surface area contributed by atoms with Crippen molar-refractivity contribution in [3.63, 3.8) is 0 Å². The van der Waals surface area contributed by atoms with Gasteiger partial charge in [-0.15, -0.1) is 0 Å². The van der Waals surface area contributed by atoms with Gasteiger partial charge in [-0.05, 0) is 48.2 Å². The Kier molecular flexibility index (Phi) is 7.33. The average Bonchev–Trinajstić information content (AvgIpc) is 3.18. The number of nitrogens with zero attached hydrogens (tertiary/aromatic N) is 1. The molecule has 1 atom stereocenters. The Bertz CT molecular complexity index is 1250. The number of rotatable bonds is 8. The number of carbonyl (C=O) groups is 1. The number of hydrogen-bond donors (Lipinski definition) is 2. The Morgan fingerprint density at radius 2 is 1.76 bits per heavy atom. The topological polar surface area (TPSA) is 97.4 Å². The van der Waals surface area contributed by atoms with Crippen LogP contribution < -0.4 is 14.8 Å². The normalized spacial score (nSPS) is 12.5. The summed E-state index contributed by atoms with van der Waals surface area (Å²) in [7, 11) is -3.86. The molecule has 33 heavy (non-hydrogen) atoms.